The fraction of sp³-hybridized carbons (Fsp3) is 0.0909. The molecule has 0 amide bonds. The highest BCUT2D eigenvalue weighted by Crippen LogP contribution is 2.25. The van der Waals surface area contributed by atoms with Crippen molar-refractivity contribution < 1.29 is 4.92 Å². The van der Waals surface area contributed by atoms with Crippen LogP contribution in [0.1, 0.15) is 5.56 Å². The summed E-state index contributed by atoms with van der Waals surface area (Å²) < 4.78 is 0. The summed E-state index contributed by atoms with van der Waals surface area (Å²) in [6, 6.07) is 8.77. The maximum absolute atomic E-state index is 10.5. The van der Waals surface area contributed by atoms with Gasteiger partial charge in [-0.05, 0) is 17.0 Å². The number of nitro benzene ring substituents is 1. The average molecular weight is 251 g/mol. The monoisotopic (exact) mass is 251 g/mol. The van der Waals surface area contributed by atoms with Crippen molar-refractivity contribution in [2.75, 3.05) is 0 Å². The van der Waals surface area contributed by atoms with Gasteiger partial charge in [-0.25, -0.2) is 0 Å². The van der Waals surface area contributed by atoms with Gasteiger partial charge >= 0.3 is 0 Å². The van der Waals surface area contributed by atoms with Gasteiger partial charge in [0, 0.05) is 28.2 Å². The molecule has 0 N–H and O–H groups in total. The Morgan fingerprint density at radius 3 is 2.56 bits per heavy atom. The lowest BCUT2D eigenvalue weighted by Crippen LogP contribution is -1.87. The van der Waals surface area contributed by atoms with Crippen LogP contribution >= 0.6 is 23.1 Å². The molecule has 0 atom stereocenters. The highest BCUT2D eigenvalue weighted by molar-refractivity contribution is 7.98. The minimum atomic E-state index is -0.379. The standard InChI is InChI=1S/C11H9NO2S2/c13-12(14)10-3-1-9(2-4-10)7-16-11-5-6-15-8-11/h1-6,8H,7H2. The van der Waals surface area contributed by atoms with Gasteiger partial charge in [-0.1, -0.05) is 12.1 Å². The maximum atomic E-state index is 10.5. The summed E-state index contributed by atoms with van der Waals surface area (Å²) >= 11 is 3.41. The number of non-ortho nitro benzene ring substituents is 1. The molecule has 0 aliphatic carbocycles. The molecular weight excluding hydrogens is 242 g/mol. The van der Waals surface area contributed by atoms with Crippen LogP contribution in [0.4, 0.5) is 5.69 Å². The molecule has 0 radical (unpaired) electrons. The van der Waals surface area contributed by atoms with Gasteiger partial charge in [-0.2, -0.15) is 11.3 Å². The Labute approximate surface area is 101 Å². The molecule has 0 saturated heterocycles. The van der Waals surface area contributed by atoms with E-state index in [1.807, 2.05) is 5.38 Å². The van der Waals surface area contributed by atoms with Crippen LogP contribution in [-0.4, -0.2) is 4.92 Å². The van der Waals surface area contributed by atoms with Crippen LogP contribution in [0.25, 0.3) is 0 Å². The third kappa shape index (κ3) is 2.84. The fourth-order valence-electron chi connectivity index (χ4n) is 1.21. The van der Waals surface area contributed by atoms with E-state index >= 15 is 0 Å². The van der Waals surface area contributed by atoms with Crippen LogP contribution in [0.15, 0.2) is 46.0 Å². The number of thioether (sulfide) groups is 1. The minimum absolute atomic E-state index is 0.143. The summed E-state index contributed by atoms with van der Waals surface area (Å²) in [7, 11) is 0. The molecular formula is C11H9NO2S2. The Balaban J connectivity index is 1.98. The number of hydrogen-bond donors (Lipinski definition) is 0. The van der Waals surface area contributed by atoms with E-state index in [0.29, 0.717) is 0 Å². The largest absolute Gasteiger partial charge is 0.269 e. The summed E-state index contributed by atoms with van der Waals surface area (Å²) in [5.41, 5.74) is 1.24. The zero-order valence-electron chi connectivity index (χ0n) is 8.33. The lowest BCUT2D eigenvalue weighted by Gasteiger charge is -1.99. The van der Waals surface area contributed by atoms with Crippen LogP contribution < -0.4 is 0 Å². The van der Waals surface area contributed by atoms with Gasteiger partial charge in [0.15, 0.2) is 0 Å². The molecule has 0 fully saturated rings. The van der Waals surface area contributed by atoms with Gasteiger partial charge in [-0.15, -0.1) is 11.8 Å². The van der Waals surface area contributed by atoms with E-state index in [1.54, 1.807) is 47.4 Å². The van der Waals surface area contributed by atoms with E-state index < -0.39 is 0 Å². The highest BCUT2D eigenvalue weighted by Gasteiger charge is 2.04. The molecule has 0 aliphatic heterocycles. The number of nitro groups is 1. The van der Waals surface area contributed by atoms with Crippen molar-refractivity contribution in [2.45, 2.75) is 10.6 Å². The predicted molar refractivity (Wildman–Crippen MR) is 67.0 cm³/mol. The van der Waals surface area contributed by atoms with Crippen LogP contribution in [0, 0.1) is 10.1 Å². The Kier molecular flexibility index (Phi) is 3.58. The maximum Gasteiger partial charge on any atom is 0.269 e. The van der Waals surface area contributed by atoms with Crippen molar-refractivity contribution in [1.82, 2.24) is 0 Å². The van der Waals surface area contributed by atoms with Crippen LogP contribution in [-0.2, 0) is 5.75 Å². The van der Waals surface area contributed by atoms with Crippen molar-refractivity contribution >= 4 is 28.8 Å². The molecule has 0 unspecified atom stereocenters. The van der Waals surface area contributed by atoms with Crippen molar-refractivity contribution in [3.63, 3.8) is 0 Å². The second-order valence-electron chi connectivity index (χ2n) is 3.17. The lowest BCUT2D eigenvalue weighted by atomic mass is 10.2. The van der Waals surface area contributed by atoms with E-state index in [2.05, 4.69) is 11.4 Å². The minimum Gasteiger partial charge on any atom is -0.258 e. The number of hydrogen-bond acceptors (Lipinski definition) is 4. The summed E-state index contributed by atoms with van der Waals surface area (Å²) in [5, 5.41) is 14.6. The molecule has 0 spiro atoms. The Morgan fingerprint density at radius 1 is 1.25 bits per heavy atom. The van der Waals surface area contributed by atoms with Gasteiger partial charge in [-0.3, -0.25) is 10.1 Å². The summed E-state index contributed by atoms with van der Waals surface area (Å²) in [5.74, 6) is 0.842. The summed E-state index contributed by atoms with van der Waals surface area (Å²) in [4.78, 5) is 11.3. The molecule has 0 bridgehead atoms. The third-order valence-corrected chi connectivity index (χ3v) is 3.95. The smallest absolute Gasteiger partial charge is 0.258 e. The van der Waals surface area contributed by atoms with Crippen LogP contribution in [0.3, 0.4) is 0 Å². The molecule has 2 rings (SSSR count). The quantitative estimate of drug-likeness (QED) is 0.469. The van der Waals surface area contributed by atoms with Crippen molar-refractivity contribution in [3.05, 3.63) is 56.8 Å². The first-order valence-electron chi connectivity index (χ1n) is 4.64. The molecule has 1 aromatic carbocycles. The molecule has 16 heavy (non-hydrogen) atoms. The predicted octanol–water partition coefficient (Wildman–Crippen LogP) is 3.95. The summed E-state index contributed by atoms with van der Waals surface area (Å²) in [6.45, 7) is 0. The Bertz CT molecular complexity index is 465. The Morgan fingerprint density at radius 2 is 2.00 bits per heavy atom. The molecule has 0 saturated carbocycles. The molecule has 3 nitrogen and oxygen atoms in total. The molecule has 0 aliphatic rings. The van der Waals surface area contributed by atoms with E-state index in [1.165, 1.54) is 4.90 Å². The lowest BCUT2D eigenvalue weighted by molar-refractivity contribution is -0.384. The number of nitrogens with zero attached hydrogens (tertiary/aromatic N) is 1. The second kappa shape index (κ2) is 5.14. The van der Waals surface area contributed by atoms with Crippen LogP contribution in [0.5, 0.6) is 0 Å². The van der Waals surface area contributed by atoms with Crippen molar-refractivity contribution in [2.24, 2.45) is 0 Å². The number of rotatable bonds is 4. The fourth-order valence-corrected chi connectivity index (χ4v) is 2.95. The average Bonchev–Trinajstić information content (AvgIpc) is 2.80. The van der Waals surface area contributed by atoms with Gasteiger partial charge < -0.3 is 0 Å². The van der Waals surface area contributed by atoms with Gasteiger partial charge in [0.05, 0.1) is 4.92 Å². The zero-order chi connectivity index (χ0) is 11.4. The summed E-state index contributed by atoms with van der Waals surface area (Å²) in [6.07, 6.45) is 0. The first kappa shape index (κ1) is 11.2. The van der Waals surface area contributed by atoms with Gasteiger partial charge in [0.1, 0.15) is 0 Å². The van der Waals surface area contributed by atoms with E-state index in [0.717, 1.165) is 11.3 Å². The molecule has 1 aromatic heterocycles. The highest BCUT2D eigenvalue weighted by atomic mass is 32.2. The molecule has 2 aromatic rings. The first-order chi connectivity index (χ1) is 7.75. The van der Waals surface area contributed by atoms with E-state index in [4.69, 9.17) is 0 Å². The number of thiophene rings is 1. The molecule has 1 heterocycles. The normalized spacial score (nSPS) is 10.2. The molecule has 5 heteroatoms. The topological polar surface area (TPSA) is 43.1 Å². The number of benzene rings is 1. The first-order valence-corrected chi connectivity index (χ1v) is 6.57. The Hall–Kier alpha value is -1.33. The van der Waals surface area contributed by atoms with Gasteiger partial charge in [0.2, 0.25) is 0 Å². The van der Waals surface area contributed by atoms with E-state index in [9.17, 15) is 10.1 Å². The van der Waals surface area contributed by atoms with Crippen molar-refractivity contribution in [1.29, 1.82) is 0 Å². The van der Waals surface area contributed by atoms with Crippen molar-refractivity contribution in [3.8, 4) is 0 Å². The molecule has 82 valence electrons. The van der Waals surface area contributed by atoms with Crippen LogP contribution in [0.2, 0.25) is 0 Å². The van der Waals surface area contributed by atoms with Gasteiger partial charge in [0.25, 0.3) is 5.69 Å². The SMILES string of the molecule is O=[N+]([O-])c1ccc(CSc2ccsc2)cc1. The van der Waals surface area contributed by atoms with E-state index in [-0.39, 0.29) is 10.6 Å². The third-order valence-electron chi connectivity index (χ3n) is 2.05. The zero-order valence-corrected chi connectivity index (χ0v) is 9.96. The second-order valence-corrected chi connectivity index (χ2v) is 5.00.